The fourth-order valence-electron chi connectivity index (χ4n) is 3.11. The van der Waals surface area contributed by atoms with Crippen molar-refractivity contribution >= 4 is 22.6 Å². The predicted octanol–water partition coefficient (Wildman–Crippen LogP) is 2.42. The second kappa shape index (κ2) is 5.51. The van der Waals surface area contributed by atoms with E-state index in [2.05, 4.69) is 4.99 Å². The fourth-order valence-corrected chi connectivity index (χ4v) is 4.12. The zero-order chi connectivity index (χ0) is 15.9. The molecular weight excluding hydrogens is 309 g/mol. The summed E-state index contributed by atoms with van der Waals surface area (Å²) < 4.78 is 20.1. The number of non-ortho nitro benzene ring substituents is 1. The number of rotatable bonds is 2. The second-order valence-electron chi connectivity index (χ2n) is 5.66. The molecule has 0 spiro atoms. The summed E-state index contributed by atoms with van der Waals surface area (Å²) in [5, 5.41) is 11.4. The molecule has 0 saturated carbocycles. The number of thioether (sulfide) groups is 1. The van der Waals surface area contributed by atoms with Gasteiger partial charge in [0.1, 0.15) is 11.4 Å². The molecule has 0 radical (unpaired) electrons. The topological polar surface area (TPSA) is 90.8 Å². The number of benzene rings is 1. The van der Waals surface area contributed by atoms with Crippen molar-refractivity contribution in [2.45, 2.75) is 25.0 Å². The maximum absolute atomic E-state index is 14.4. The third-order valence-corrected chi connectivity index (χ3v) is 5.21. The highest BCUT2D eigenvalue weighted by molar-refractivity contribution is 8.13. The molecule has 2 N–H and O–H groups in total. The van der Waals surface area contributed by atoms with Crippen molar-refractivity contribution in [1.29, 1.82) is 0 Å². The molecule has 1 saturated heterocycles. The highest BCUT2D eigenvalue weighted by atomic mass is 32.2. The van der Waals surface area contributed by atoms with Gasteiger partial charge in [-0.2, -0.15) is 0 Å². The van der Waals surface area contributed by atoms with Gasteiger partial charge in [0, 0.05) is 29.4 Å². The number of nitrogens with two attached hydrogens (primary N) is 1. The van der Waals surface area contributed by atoms with E-state index in [-0.39, 0.29) is 29.9 Å². The van der Waals surface area contributed by atoms with Gasteiger partial charge >= 0.3 is 0 Å². The monoisotopic (exact) mass is 325 g/mol. The number of nitro groups is 1. The Morgan fingerprint density at radius 2 is 2.36 bits per heavy atom. The van der Waals surface area contributed by atoms with Crippen LogP contribution in [0, 0.1) is 21.8 Å². The lowest BCUT2D eigenvalue weighted by atomic mass is 9.75. The van der Waals surface area contributed by atoms with Gasteiger partial charge in [0.2, 0.25) is 0 Å². The largest absolute Gasteiger partial charge is 0.379 e. The number of halogens is 1. The smallest absolute Gasteiger partial charge is 0.270 e. The molecule has 1 aromatic carbocycles. The Balaban J connectivity index is 2.15. The summed E-state index contributed by atoms with van der Waals surface area (Å²) >= 11 is 1.43. The van der Waals surface area contributed by atoms with Crippen LogP contribution in [-0.2, 0) is 10.3 Å². The van der Waals surface area contributed by atoms with E-state index in [0.29, 0.717) is 17.3 Å². The third-order valence-electron chi connectivity index (χ3n) is 4.25. The molecule has 1 fully saturated rings. The molecule has 0 aromatic heterocycles. The van der Waals surface area contributed by atoms with E-state index in [1.54, 1.807) is 0 Å². The molecule has 2 unspecified atom stereocenters. The maximum atomic E-state index is 14.4. The van der Waals surface area contributed by atoms with E-state index < -0.39 is 16.3 Å². The maximum Gasteiger partial charge on any atom is 0.270 e. The summed E-state index contributed by atoms with van der Waals surface area (Å²) in [6.45, 7) is 2.14. The summed E-state index contributed by atoms with van der Waals surface area (Å²) in [5.41, 5.74) is 4.91. The molecule has 0 amide bonds. The molecule has 2 aliphatic rings. The van der Waals surface area contributed by atoms with E-state index in [1.807, 2.05) is 6.92 Å². The average molecular weight is 325 g/mol. The van der Waals surface area contributed by atoms with E-state index in [0.717, 1.165) is 12.1 Å². The number of hydrogen-bond acceptors (Lipinski definition) is 6. The van der Waals surface area contributed by atoms with Gasteiger partial charge < -0.3 is 10.5 Å². The molecule has 118 valence electrons. The van der Waals surface area contributed by atoms with Gasteiger partial charge in [0.05, 0.1) is 17.6 Å². The van der Waals surface area contributed by atoms with Gasteiger partial charge in [-0.1, -0.05) is 11.8 Å². The number of amidine groups is 1. The fraction of sp³-hybridized carbons (Fsp3) is 0.500. The van der Waals surface area contributed by atoms with Gasteiger partial charge in [-0.15, -0.1) is 0 Å². The Kier molecular flexibility index (Phi) is 3.82. The van der Waals surface area contributed by atoms with Crippen LogP contribution in [0.5, 0.6) is 0 Å². The molecule has 2 heterocycles. The summed E-state index contributed by atoms with van der Waals surface area (Å²) in [6, 6.07) is 3.53. The minimum atomic E-state index is -0.974. The summed E-state index contributed by atoms with van der Waals surface area (Å²) in [5.74, 6) is 0.216. The van der Waals surface area contributed by atoms with Crippen LogP contribution in [0.25, 0.3) is 0 Å². The Morgan fingerprint density at radius 3 is 3.09 bits per heavy atom. The Morgan fingerprint density at radius 1 is 1.59 bits per heavy atom. The molecule has 3 rings (SSSR count). The van der Waals surface area contributed by atoms with E-state index in [1.165, 1.54) is 17.8 Å². The highest BCUT2D eigenvalue weighted by Crippen LogP contribution is 2.47. The predicted molar refractivity (Wildman–Crippen MR) is 82.3 cm³/mol. The first-order valence-corrected chi connectivity index (χ1v) is 7.95. The standard InChI is InChI=1S/C14H16FN3O3S/c1-8-4-9-6-22-13(16)17-14(9,7-21-8)11-5-10(18(19)20)2-3-12(11)15/h2-3,5,8-9H,4,6-7H2,1H3,(H2,16,17)/t8-,9?,14?/m0/s1. The summed E-state index contributed by atoms with van der Waals surface area (Å²) in [6.07, 6.45) is 0.765. The number of hydrogen-bond donors (Lipinski definition) is 1. The zero-order valence-electron chi connectivity index (χ0n) is 12.0. The first-order chi connectivity index (χ1) is 10.4. The van der Waals surface area contributed by atoms with Crippen LogP contribution in [0.1, 0.15) is 18.9 Å². The third kappa shape index (κ3) is 2.46. The van der Waals surface area contributed by atoms with Gasteiger partial charge in [-0.05, 0) is 19.4 Å². The van der Waals surface area contributed by atoms with E-state index in [9.17, 15) is 14.5 Å². The number of aliphatic imine (C=N–C) groups is 1. The average Bonchev–Trinajstić information content (AvgIpc) is 2.48. The lowest BCUT2D eigenvalue weighted by Crippen LogP contribution is -2.49. The van der Waals surface area contributed by atoms with Crippen LogP contribution in [0.2, 0.25) is 0 Å². The Labute approximate surface area is 131 Å². The van der Waals surface area contributed by atoms with Crippen LogP contribution in [0.3, 0.4) is 0 Å². The van der Waals surface area contributed by atoms with Gasteiger partial charge in [0.15, 0.2) is 5.17 Å². The number of nitrogens with zero attached hydrogens (tertiary/aromatic N) is 2. The molecule has 0 aliphatic carbocycles. The highest BCUT2D eigenvalue weighted by Gasteiger charge is 2.49. The van der Waals surface area contributed by atoms with Crippen LogP contribution in [-0.4, -0.2) is 28.6 Å². The van der Waals surface area contributed by atoms with Gasteiger partial charge in [-0.3, -0.25) is 10.1 Å². The minimum Gasteiger partial charge on any atom is -0.379 e. The Hall–Kier alpha value is -1.67. The van der Waals surface area contributed by atoms with Crippen molar-refractivity contribution in [1.82, 2.24) is 0 Å². The van der Waals surface area contributed by atoms with Crippen molar-refractivity contribution in [2.24, 2.45) is 16.6 Å². The Bertz CT molecular complexity index is 654. The van der Waals surface area contributed by atoms with E-state index >= 15 is 0 Å². The molecule has 3 atom stereocenters. The van der Waals surface area contributed by atoms with Crippen LogP contribution in [0.15, 0.2) is 23.2 Å². The van der Waals surface area contributed by atoms with Crippen molar-refractivity contribution in [2.75, 3.05) is 12.4 Å². The van der Waals surface area contributed by atoms with Crippen LogP contribution < -0.4 is 5.73 Å². The first-order valence-electron chi connectivity index (χ1n) is 6.96. The van der Waals surface area contributed by atoms with Crippen LogP contribution in [0.4, 0.5) is 10.1 Å². The lowest BCUT2D eigenvalue weighted by molar-refractivity contribution is -0.385. The molecule has 8 heteroatoms. The molecule has 22 heavy (non-hydrogen) atoms. The summed E-state index contributed by atoms with van der Waals surface area (Å²) in [4.78, 5) is 14.9. The second-order valence-corrected chi connectivity index (χ2v) is 6.70. The van der Waals surface area contributed by atoms with Crippen molar-refractivity contribution in [3.63, 3.8) is 0 Å². The number of ether oxygens (including phenoxy) is 1. The van der Waals surface area contributed by atoms with Crippen molar-refractivity contribution in [3.8, 4) is 0 Å². The molecule has 0 bridgehead atoms. The quantitative estimate of drug-likeness (QED) is 0.666. The van der Waals surface area contributed by atoms with Crippen molar-refractivity contribution in [3.05, 3.63) is 39.7 Å². The van der Waals surface area contributed by atoms with E-state index in [4.69, 9.17) is 10.5 Å². The minimum absolute atomic E-state index is 0.0325. The lowest BCUT2D eigenvalue weighted by Gasteiger charge is -2.45. The first kappa shape index (κ1) is 15.2. The van der Waals surface area contributed by atoms with Crippen molar-refractivity contribution < 1.29 is 14.1 Å². The van der Waals surface area contributed by atoms with Gasteiger partial charge in [0.25, 0.3) is 5.69 Å². The zero-order valence-corrected chi connectivity index (χ0v) is 12.8. The van der Waals surface area contributed by atoms with Crippen LogP contribution >= 0.6 is 11.8 Å². The molecule has 2 aliphatic heterocycles. The number of fused-ring (bicyclic) bond motifs is 1. The number of nitro benzene ring substituents is 1. The van der Waals surface area contributed by atoms with Gasteiger partial charge in [-0.25, -0.2) is 9.38 Å². The normalized spacial score (nSPS) is 31.3. The SMILES string of the molecule is C[C@H]1CC2CSC(N)=NC2(c2cc([N+](=O)[O-])ccc2F)CO1. The molecule has 6 nitrogen and oxygen atoms in total. The molecular formula is C14H16FN3O3S. The summed E-state index contributed by atoms with van der Waals surface area (Å²) in [7, 11) is 0. The molecule has 1 aromatic rings.